The van der Waals surface area contributed by atoms with Crippen LogP contribution in [0.1, 0.15) is 34.3 Å². The van der Waals surface area contributed by atoms with Crippen molar-refractivity contribution in [1.82, 2.24) is 9.88 Å². The average molecular weight is 468 g/mol. The van der Waals surface area contributed by atoms with Gasteiger partial charge < -0.3 is 4.74 Å². The Morgan fingerprint density at radius 2 is 1.94 bits per heavy atom. The molecule has 5 nitrogen and oxygen atoms in total. The molecule has 0 N–H and O–H groups in total. The smallest absolute Gasteiger partial charge is 0.260 e. The minimum Gasteiger partial charge on any atom is -0.379 e. The summed E-state index contributed by atoms with van der Waals surface area (Å²) in [4.78, 5) is 24.1. The lowest BCUT2D eigenvalue weighted by Crippen LogP contribution is -2.43. The third-order valence-corrected chi connectivity index (χ3v) is 8.17. The highest BCUT2D eigenvalue weighted by Crippen LogP contribution is 2.33. The Hall–Kier alpha value is -1.93. The number of thioether (sulfide) groups is 1. The molecule has 32 heavy (non-hydrogen) atoms. The lowest BCUT2D eigenvalue weighted by atomic mass is 9.90. The Kier molecular flexibility index (Phi) is 6.78. The van der Waals surface area contributed by atoms with Crippen LogP contribution in [0, 0.1) is 0 Å². The van der Waals surface area contributed by atoms with E-state index < -0.39 is 0 Å². The summed E-state index contributed by atoms with van der Waals surface area (Å²) >= 11 is 3.34. The van der Waals surface area contributed by atoms with E-state index in [1.54, 1.807) is 23.1 Å². The van der Waals surface area contributed by atoms with Crippen LogP contribution in [0.4, 0.5) is 5.13 Å². The van der Waals surface area contributed by atoms with Crippen LogP contribution in [0.25, 0.3) is 10.2 Å². The van der Waals surface area contributed by atoms with Gasteiger partial charge in [0.15, 0.2) is 5.13 Å². The number of hydrogen-bond donors (Lipinski definition) is 0. The number of fused-ring (bicyclic) bond motifs is 2. The topological polar surface area (TPSA) is 45.7 Å². The molecule has 5 rings (SSSR count). The van der Waals surface area contributed by atoms with Crippen molar-refractivity contribution in [3.05, 3.63) is 53.1 Å². The number of aryl methyl sites for hydroxylation is 2. The number of ether oxygens (including phenoxy) is 1. The molecule has 0 atom stereocenters. The third-order valence-electron chi connectivity index (χ3n) is 6.40. The molecule has 0 bridgehead atoms. The van der Waals surface area contributed by atoms with E-state index in [1.165, 1.54) is 28.9 Å². The standard InChI is InChI=1S/C25H29N3O2S2/c1-31-21-8-9-22-23(17-21)32-25(26-22)28(11-10-27-12-14-30-15-13-27)24(29)20-7-6-18-4-2-3-5-19(18)16-20/h6-9,16-17H,2-5,10-15H2,1H3. The van der Waals surface area contributed by atoms with Gasteiger partial charge in [0.2, 0.25) is 0 Å². The van der Waals surface area contributed by atoms with Crippen LogP contribution in [0.5, 0.6) is 0 Å². The van der Waals surface area contributed by atoms with Gasteiger partial charge in [0, 0.05) is 36.6 Å². The average Bonchev–Trinajstić information content (AvgIpc) is 3.27. The van der Waals surface area contributed by atoms with Gasteiger partial charge in [-0.3, -0.25) is 14.6 Å². The van der Waals surface area contributed by atoms with E-state index in [-0.39, 0.29) is 5.91 Å². The lowest BCUT2D eigenvalue weighted by Gasteiger charge is -2.29. The van der Waals surface area contributed by atoms with Gasteiger partial charge in [-0.05, 0) is 73.4 Å². The fourth-order valence-electron chi connectivity index (χ4n) is 4.51. The molecule has 0 saturated carbocycles. The summed E-state index contributed by atoms with van der Waals surface area (Å²) in [5.74, 6) is 0.0516. The predicted octanol–water partition coefficient (Wildman–Crippen LogP) is 4.88. The number of amides is 1. The van der Waals surface area contributed by atoms with Crippen molar-refractivity contribution in [3.63, 3.8) is 0 Å². The van der Waals surface area contributed by atoms with Crippen molar-refractivity contribution >= 4 is 44.4 Å². The summed E-state index contributed by atoms with van der Waals surface area (Å²) in [6.45, 7) is 4.81. The van der Waals surface area contributed by atoms with Gasteiger partial charge >= 0.3 is 0 Å². The van der Waals surface area contributed by atoms with E-state index >= 15 is 0 Å². The first kappa shape index (κ1) is 21.9. The van der Waals surface area contributed by atoms with Gasteiger partial charge in [-0.25, -0.2) is 4.98 Å². The minimum absolute atomic E-state index is 0.0516. The van der Waals surface area contributed by atoms with Crippen LogP contribution in [0.15, 0.2) is 41.3 Å². The van der Waals surface area contributed by atoms with E-state index in [1.807, 2.05) is 11.0 Å². The van der Waals surface area contributed by atoms with Crippen LogP contribution in [-0.2, 0) is 17.6 Å². The van der Waals surface area contributed by atoms with Gasteiger partial charge in [0.1, 0.15) is 0 Å². The normalized spacial score (nSPS) is 16.8. The number of benzene rings is 2. The van der Waals surface area contributed by atoms with Crippen molar-refractivity contribution in [3.8, 4) is 0 Å². The third kappa shape index (κ3) is 4.71. The van der Waals surface area contributed by atoms with Gasteiger partial charge in [-0.2, -0.15) is 0 Å². The second-order valence-corrected chi connectivity index (χ2v) is 10.3. The van der Waals surface area contributed by atoms with E-state index in [2.05, 4.69) is 41.5 Å². The predicted molar refractivity (Wildman–Crippen MR) is 133 cm³/mol. The maximum absolute atomic E-state index is 13.7. The molecule has 0 radical (unpaired) electrons. The number of rotatable bonds is 6. The maximum Gasteiger partial charge on any atom is 0.260 e. The van der Waals surface area contributed by atoms with Gasteiger partial charge in [0.05, 0.1) is 23.4 Å². The highest BCUT2D eigenvalue weighted by atomic mass is 32.2. The second kappa shape index (κ2) is 9.91. The Morgan fingerprint density at radius 1 is 1.12 bits per heavy atom. The second-order valence-electron chi connectivity index (χ2n) is 8.43. The summed E-state index contributed by atoms with van der Waals surface area (Å²) in [6.07, 6.45) is 6.73. The Balaban J connectivity index is 1.45. The van der Waals surface area contributed by atoms with Crippen molar-refractivity contribution < 1.29 is 9.53 Å². The number of carbonyl (C=O) groups is 1. The van der Waals surface area contributed by atoms with Crippen LogP contribution in [0.2, 0.25) is 0 Å². The molecular formula is C25H29N3O2S2. The highest BCUT2D eigenvalue weighted by molar-refractivity contribution is 7.98. The van der Waals surface area contributed by atoms with Crippen LogP contribution < -0.4 is 4.90 Å². The molecule has 1 aromatic heterocycles. The number of morpholine rings is 1. The maximum atomic E-state index is 13.7. The zero-order chi connectivity index (χ0) is 21.9. The van der Waals surface area contributed by atoms with E-state index in [4.69, 9.17) is 9.72 Å². The molecule has 3 aromatic rings. The molecule has 2 aromatic carbocycles. The molecule has 2 aliphatic rings. The molecule has 168 valence electrons. The van der Waals surface area contributed by atoms with Crippen LogP contribution >= 0.6 is 23.1 Å². The number of nitrogens with zero attached hydrogens (tertiary/aromatic N) is 3. The number of thiazole rings is 1. The van der Waals surface area contributed by atoms with Crippen molar-refractivity contribution in [1.29, 1.82) is 0 Å². The lowest BCUT2D eigenvalue weighted by molar-refractivity contribution is 0.0391. The quantitative estimate of drug-likeness (QED) is 0.484. The monoisotopic (exact) mass is 467 g/mol. The largest absolute Gasteiger partial charge is 0.379 e. The van der Waals surface area contributed by atoms with Crippen molar-refractivity contribution in [2.75, 3.05) is 50.5 Å². The van der Waals surface area contributed by atoms with Crippen molar-refractivity contribution in [2.24, 2.45) is 0 Å². The molecule has 1 fully saturated rings. The first-order valence-electron chi connectivity index (χ1n) is 11.4. The first-order valence-corrected chi connectivity index (χ1v) is 13.4. The van der Waals surface area contributed by atoms with Gasteiger partial charge in [-0.15, -0.1) is 11.8 Å². The number of hydrogen-bond acceptors (Lipinski definition) is 6. The fraction of sp³-hybridized carbons (Fsp3) is 0.440. The zero-order valence-corrected chi connectivity index (χ0v) is 20.1. The van der Waals surface area contributed by atoms with Crippen LogP contribution in [0.3, 0.4) is 0 Å². The van der Waals surface area contributed by atoms with Crippen molar-refractivity contribution in [2.45, 2.75) is 30.6 Å². The highest BCUT2D eigenvalue weighted by Gasteiger charge is 2.24. The number of carbonyl (C=O) groups excluding carboxylic acids is 1. The molecule has 7 heteroatoms. The van der Waals surface area contributed by atoms with Crippen LogP contribution in [-0.4, -0.2) is 61.4 Å². The Morgan fingerprint density at radius 3 is 2.75 bits per heavy atom. The summed E-state index contributed by atoms with van der Waals surface area (Å²) in [5, 5.41) is 0.786. The molecule has 0 unspecified atom stereocenters. The summed E-state index contributed by atoms with van der Waals surface area (Å²) in [7, 11) is 0. The zero-order valence-electron chi connectivity index (χ0n) is 18.5. The van der Waals surface area contributed by atoms with Gasteiger partial charge in [0.25, 0.3) is 5.91 Å². The van der Waals surface area contributed by atoms with E-state index in [0.29, 0.717) is 6.54 Å². The summed E-state index contributed by atoms with van der Waals surface area (Å²) < 4.78 is 6.61. The summed E-state index contributed by atoms with van der Waals surface area (Å²) in [5.41, 5.74) is 4.47. The van der Waals surface area contributed by atoms with E-state index in [0.717, 1.165) is 66.6 Å². The Labute approximate surface area is 197 Å². The molecular weight excluding hydrogens is 438 g/mol. The molecule has 0 spiro atoms. The fourth-order valence-corrected chi connectivity index (χ4v) is 6.05. The van der Waals surface area contributed by atoms with Gasteiger partial charge in [-0.1, -0.05) is 17.4 Å². The number of aromatic nitrogens is 1. The minimum atomic E-state index is 0.0516. The molecule has 1 aliphatic carbocycles. The molecule has 1 saturated heterocycles. The number of anilines is 1. The SMILES string of the molecule is CSc1ccc2nc(N(CCN3CCOCC3)C(=O)c3ccc4c(c3)CCCC4)sc2c1. The molecule has 1 amide bonds. The first-order chi connectivity index (χ1) is 15.7. The van der Waals surface area contributed by atoms with E-state index in [9.17, 15) is 4.79 Å². The molecule has 1 aliphatic heterocycles. The Bertz CT molecular complexity index is 1110. The molecule has 2 heterocycles. The summed E-state index contributed by atoms with van der Waals surface area (Å²) in [6, 6.07) is 12.6.